The van der Waals surface area contributed by atoms with Gasteiger partial charge in [0.25, 0.3) is 0 Å². The van der Waals surface area contributed by atoms with Crippen molar-refractivity contribution in [1.29, 1.82) is 0 Å². The summed E-state index contributed by atoms with van der Waals surface area (Å²) < 4.78 is 11.4. The van der Waals surface area contributed by atoms with Crippen LogP contribution in [-0.4, -0.2) is 84.7 Å². The van der Waals surface area contributed by atoms with E-state index in [4.69, 9.17) is 9.47 Å². The zero-order chi connectivity index (χ0) is 29.6. The lowest BCUT2D eigenvalue weighted by Gasteiger charge is -2.37. The third-order valence-electron chi connectivity index (χ3n) is 10.2. The van der Waals surface area contributed by atoms with E-state index in [1.807, 2.05) is 17.0 Å². The molecule has 0 atom stereocenters. The minimum absolute atomic E-state index is 0.101. The van der Waals surface area contributed by atoms with E-state index in [9.17, 15) is 9.59 Å². The number of hydrogen-bond donors (Lipinski definition) is 1. The Balaban J connectivity index is 0.892. The lowest BCUT2D eigenvalue weighted by Crippen LogP contribution is -2.47. The molecule has 1 N–H and O–H groups in total. The predicted molar refractivity (Wildman–Crippen MR) is 167 cm³/mol. The van der Waals surface area contributed by atoms with E-state index in [2.05, 4.69) is 57.6 Å². The van der Waals surface area contributed by atoms with Crippen LogP contribution in [0.15, 0.2) is 54.6 Å². The SMILES string of the molecule is COc1cccc(CN2CCC3(CC2)CN(CC2CCC(C(=O)NC4CCN(Cc5ccccc5)CC4)CC2)C(=O)O3)c1. The van der Waals surface area contributed by atoms with Crippen LogP contribution in [0.25, 0.3) is 0 Å². The summed E-state index contributed by atoms with van der Waals surface area (Å²) in [6.45, 7) is 7.22. The van der Waals surface area contributed by atoms with Gasteiger partial charge in [-0.15, -0.1) is 0 Å². The molecule has 4 aliphatic rings. The molecular formula is C35H48N4O4. The Morgan fingerprint density at radius 1 is 0.884 bits per heavy atom. The van der Waals surface area contributed by atoms with E-state index in [-0.39, 0.29) is 29.6 Å². The highest BCUT2D eigenvalue weighted by molar-refractivity contribution is 5.79. The molecule has 232 valence electrons. The molecule has 3 heterocycles. The number of amides is 2. The van der Waals surface area contributed by atoms with Gasteiger partial charge >= 0.3 is 6.09 Å². The van der Waals surface area contributed by atoms with E-state index in [0.29, 0.717) is 12.5 Å². The second-order valence-electron chi connectivity index (χ2n) is 13.3. The van der Waals surface area contributed by atoms with Gasteiger partial charge in [-0.05, 0) is 67.7 Å². The average molecular weight is 589 g/mol. The molecule has 8 nitrogen and oxygen atoms in total. The van der Waals surface area contributed by atoms with Crippen LogP contribution in [0.3, 0.4) is 0 Å². The normalized spacial score (nSPS) is 25.0. The fraction of sp³-hybridized carbons (Fsp3) is 0.600. The van der Waals surface area contributed by atoms with Crippen LogP contribution >= 0.6 is 0 Å². The Morgan fingerprint density at radius 2 is 1.56 bits per heavy atom. The molecule has 0 aromatic heterocycles. The molecule has 4 fully saturated rings. The Hall–Kier alpha value is -3.10. The second-order valence-corrected chi connectivity index (χ2v) is 13.3. The van der Waals surface area contributed by atoms with Crippen LogP contribution in [0, 0.1) is 11.8 Å². The summed E-state index contributed by atoms with van der Waals surface area (Å²) in [6, 6.07) is 19.1. The lowest BCUT2D eigenvalue weighted by molar-refractivity contribution is -0.127. The summed E-state index contributed by atoms with van der Waals surface area (Å²) in [6.07, 6.45) is 7.45. The first-order valence-corrected chi connectivity index (χ1v) is 16.4. The third kappa shape index (κ3) is 7.71. The van der Waals surface area contributed by atoms with E-state index in [0.717, 1.165) is 103 Å². The van der Waals surface area contributed by atoms with Crippen LogP contribution < -0.4 is 10.1 Å². The highest BCUT2D eigenvalue weighted by atomic mass is 16.6. The first-order valence-electron chi connectivity index (χ1n) is 16.4. The third-order valence-corrected chi connectivity index (χ3v) is 10.2. The van der Waals surface area contributed by atoms with Crippen LogP contribution in [0.2, 0.25) is 0 Å². The highest BCUT2D eigenvalue weighted by Crippen LogP contribution is 2.36. The summed E-state index contributed by atoms with van der Waals surface area (Å²) >= 11 is 0. The fourth-order valence-corrected chi connectivity index (χ4v) is 7.56. The number of nitrogens with zero attached hydrogens (tertiary/aromatic N) is 3. The zero-order valence-electron chi connectivity index (χ0n) is 25.7. The standard InChI is InChI=1S/C35H48N4O4/c1-42-32-9-5-8-29(22-32)24-38-20-16-35(17-21-38)26-39(34(41)43-35)25-28-10-12-30(13-11-28)33(40)36-31-14-18-37(19-15-31)23-27-6-3-2-4-7-27/h2-9,22,28,30-31H,10-21,23-26H2,1H3,(H,36,40). The first kappa shape index (κ1) is 29.9. The summed E-state index contributed by atoms with van der Waals surface area (Å²) in [4.78, 5) is 32.9. The molecule has 2 aromatic carbocycles. The number of carbonyl (C=O) groups excluding carboxylic acids is 2. The van der Waals surface area contributed by atoms with Gasteiger partial charge in [-0.2, -0.15) is 0 Å². The Labute approximate surface area is 256 Å². The highest BCUT2D eigenvalue weighted by Gasteiger charge is 2.47. The van der Waals surface area contributed by atoms with Gasteiger partial charge in [-0.25, -0.2) is 4.79 Å². The Kier molecular flexibility index (Phi) is 9.53. The van der Waals surface area contributed by atoms with Gasteiger partial charge < -0.3 is 19.7 Å². The molecule has 0 unspecified atom stereocenters. The largest absolute Gasteiger partial charge is 0.497 e. The maximum atomic E-state index is 13.1. The molecule has 1 aliphatic carbocycles. The molecule has 43 heavy (non-hydrogen) atoms. The van der Waals surface area contributed by atoms with Crippen molar-refractivity contribution in [3.8, 4) is 5.75 Å². The molecule has 0 radical (unpaired) electrons. The van der Waals surface area contributed by atoms with Crippen LogP contribution in [0.1, 0.15) is 62.5 Å². The number of rotatable bonds is 9. The molecule has 2 aromatic rings. The zero-order valence-corrected chi connectivity index (χ0v) is 25.7. The number of methoxy groups -OCH3 is 1. The molecule has 6 rings (SSSR count). The molecule has 8 heteroatoms. The van der Waals surface area contributed by atoms with Gasteiger partial charge in [0.15, 0.2) is 0 Å². The van der Waals surface area contributed by atoms with Crippen molar-refractivity contribution in [1.82, 2.24) is 20.0 Å². The smallest absolute Gasteiger partial charge is 0.410 e. The quantitative estimate of drug-likeness (QED) is 0.441. The van der Waals surface area contributed by atoms with E-state index < -0.39 is 0 Å². The van der Waals surface area contributed by atoms with Crippen LogP contribution in [0.4, 0.5) is 4.79 Å². The number of nitrogens with one attached hydrogen (secondary N) is 1. The fourth-order valence-electron chi connectivity index (χ4n) is 7.56. The maximum absolute atomic E-state index is 13.1. The van der Waals surface area contributed by atoms with E-state index in [1.54, 1.807) is 7.11 Å². The van der Waals surface area contributed by atoms with Gasteiger partial charge in [0, 0.05) is 70.6 Å². The van der Waals surface area contributed by atoms with Crippen molar-refractivity contribution in [3.63, 3.8) is 0 Å². The second kappa shape index (κ2) is 13.7. The molecular weight excluding hydrogens is 540 g/mol. The summed E-state index contributed by atoms with van der Waals surface area (Å²) in [5.74, 6) is 1.67. The Bertz CT molecular complexity index is 1220. The molecule has 3 saturated heterocycles. The van der Waals surface area contributed by atoms with Crippen LogP contribution in [-0.2, 0) is 22.6 Å². The van der Waals surface area contributed by atoms with Crippen molar-refractivity contribution in [2.75, 3.05) is 46.4 Å². The van der Waals surface area contributed by atoms with Crippen molar-refractivity contribution >= 4 is 12.0 Å². The molecule has 1 saturated carbocycles. The minimum atomic E-state index is -0.351. The average Bonchev–Trinajstić information content (AvgIpc) is 3.34. The molecule has 0 bridgehead atoms. The number of likely N-dealkylation sites (tertiary alicyclic amines) is 2. The van der Waals surface area contributed by atoms with Gasteiger partial charge in [0.1, 0.15) is 11.4 Å². The number of piperidine rings is 2. The van der Waals surface area contributed by atoms with Crippen LogP contribution in [0.5, 0.6) is 5.75 Å². The van der Waals surface area contributed by atoms with Gasteiger partial charge in [-0.3, -0.25) is 14.6 Å². The molecule has 2 amide bonds. The minimum Gasteiger partial charge on any atom is -0.497 e. The van der Waals surface area contributed by atoms with Gasteiger partial charge in [0.2, 0.25) is 5.91 Å². The van der Waals surface area contributed by atoms with Crippen molar-refractivity contribution in [2.24, 2.45) is 11.8 Å². The van der Waals surface area contributed by atoms with Crippen molar-refractivity contribution in [3.05, 3.63) is 65.7 Å². The van der Waals surface area contributed by atoms with Crippen molar-refractivity contribution < 1.29 is 19.1 Å². The summed E-state index contributed by atoms with van der Waals surface area (Å²) in [5.41, 5.74) is 2.24. The van der Waals surface area contributed by atoms with E-state index >= 15 is 0 Å². The monoisotopic (exact) mass is 588 g/mol. The topological polar surface area (TPSA) is 74.4 Å². The van der Waals surface area contributed by atoms with Gasteiger partial charge in [-0.1, -0.05) is 42.5 Å². The lowest BCUT2D eigenvalue weighted by atomic mass is 9.81. The maximum Gasteiger partial charge on any atom is 0.410 e. The van der Waals surface area contributed by atoms with E-state index in [1.165, 1.54) is 11.1 Å². The Morgan fingerprint density at radius 3 is 2.28 bits per heavy atom. The van der Waals surface area contributed by atoms with Crippen molar-refractivity contribution in [2.45, 2.75) is 76.1 Å². The number of hydrogen-bond acceptors (Lipinski definition) is 6. The molecule has 3 aliphatic heterocycles. The van der Waals surface area contributed by atoms with Gasteiger partial charge in [0.05, 0.1) is 13.7 Å². The number of benzene rings is 2. The number of ether oxygens (including phenoxy) is 2. The predicted octanol–water partition coefficient (Wildman–Crippen LogP) is 5.07. The number of carbonyl (C=O) groups is 2. The summed E-state index contributed by atoms with van der Waals surface area (Å²) in [5, 5.41) is 3.37. The molecule has 1 spiro atoms. The summed E-state index contributed by atoms with van der Waals surface area (Å²) in [7, 11) is 1.70. The first-order chi connectivity index (χ1) is 21.0.